The number of rotatable bonds is 4. The van der Waals surface area contributed by atoms with Gasteiger partial charge in [0.25, 0.3) is 0 Å². The van der Waals surface area contributed by atoms with E-state index < -0.39 is 12.0 Å². The summed E-state index contributed by atoms with van der Waals surface area (Å²) in [6.07, 6.45) is 0. The highest BCUT2D eigenvalue weighted by atomic mass is 16.5. The third-order valence-corrected chi connectivity index (χ3v) is 1.84. The Hall–Kier alpha value is -1.59. The summed E-state index contributed by atoms with van der Waals surface area (Å²) in [5.74, 6) is -0.496. The van der Waals surface area contributed by atoms with Crippen molar-refractivity contribution in [3.05, 3.63) is 29.8 Å². The van der Waals surface area contributed by atoms with Crippen LogP contribution in [0.25, 0.3) is 0 Å². The van der Waals surface area contributed by atoms with Crippen molar-refractivity contribution in [2.75, 3.05) is 13.2 Å². The summed E-state index contributed by atoms with van der Waals surface area (Å²) in [5, 5.41) is 17.5. The van der Waals surface area contributed by atoms with E-state index in [9.17, 15) is 4.79 Å². The van der Waals surface area contributed by atoms with Crippen LogP contribution in [0.4, 0.5) is 0 Å². The summed E-state index contributed by atoms with van der Waals surface area (Å²) in [7, 11) is 0. The summed E-state index contributed by atoms with van der Waals surface area (Å²) >= 11 is 0. The van der Waals surface area contributed by atoms with Gasteiger partial charge in [-0.2, -0.15) is 0 Å². The van der Waals surface area contributed by atoms with Crippen LogP contribution in [0.15, 0.2) is 24.3 Å². The number of aliphatic hydroxyl groups is 1. The Balaban J connectivity index is 2.63. The molecule has 5 nitrogen and oxygen atoms in total. The van der Waals surface area contributed by atoms with Gasteiger partial charge in [-0.25, -0.2) is 4.79 Å². The van der Waals surface area contributed by atoms with Crippen LogP contribution in [0.5, 0.6) is 5.75 Å². The molecule has 0 amide bonds. The number of hydrogen-bond donors (Lipinski definition) is 3. The fourth-order valence-electron chi connectivity index (χ4n) is 1.05. The standard InChI is InChI=1S/C10H13NO4/c11-9(10(14)15-6-5-12)7-1-3-8(13)4-2-7/h1-4,9,12-13H,5-6,11H2. The fourth-order valence-corrected chi connectivity index (χ4v) is 1.05. The first-order valence-corrected chi connectivity index (χ1v) is 4.47. The molecule has 82 valence electrons. The van der Waals surface area contributed by atoms with Crippen molar-refractivity contribution in [2.45, 2.75) is 6.04 Å². The minimum absolute atomic E-state index is 0.0649. The van der Waals surface area contributed by atoms with Crippen LogP contribution in [0, 0.1) is 0 Å². The third-order valence-electron chi connectivity index (χ3n) is 1.84. The molecule has 1 unspecified atom stereocenters. The van der Waals surface area contributed by atoms with Gasteiger partial charge in [0.1, 0.15) is 18.4 Å². The van der Waals surface area contributed by atoms with Crippen LogP contribution in [-0.4, -0.2) is 29.4 Å². The molecule has 0 aliphatic carbocycles. The summed E-state index contributed by atoms with van der Waals surface area (Å²) in [5.41, 5.74) is 6.14. The Morgan fingerprint density at radius 3 is 2.53 bits per heavy atom. The Bertz CT molecular complexity index is 323. The van der Waals surface area contributed by atoms with E-state index in [-0.39, 0.29) is 19.0 Å². The predicted molar refractivity (Wildman–Crippen MR) is 53.1 cm³/mol. The maximum Gasteiger partial charge on any atom is 0.327 e. The number of esters is 1. The second-order valence-corrected chi connectivity index (χ2v) is 2.96. The summed E-state index contributed by atoms with van der Waals surface area (Å²) in [4.78, 5) is 11.3. The van der Waals surface area contributed by atoms with Crippen LogP contribution in [-0.2, 0) is 9.53 Å². The summed E-state index contributed by atoms with van der Waals surface area (Å²) < 4.78 is 4.66. The van der Waals surface area contributed by atoms with E-state index in [0.29, 0.717) is 5.56 Å². The molecule has 0 aliphatic heterocycles. The van der Waals surface area contributed by atoms with Crippen LogP contribution in [0.1, 0.15) is 11.6 Å². The lowest BCUT2D eigenvalue weighted by Crippen LogP contribution is -2.24. The van der Waals surface area contributed by atoms with Gasteiger partial charge in [0.15, 0.2) is 0 Å². The fraction of sp³-hybridized carbons (Fsp3) is 0.300. The first kappa shape index (κ1) is 11.5. The van der Waals surface area contributed by atoms with Gasteiger partial charge in [0, 0.05) is 0 Å². The summed E-state index contributed by atoms with van der Waals surface area (Å²) in [6.45, 7) is -0.293. The molecular formula is C10H13NO4. The predicted octanol–water partition coefficient (Wildman–Crippen LogP) is -0.0725. The molecular weight excluding hydrogens is 198 g/mol. The number of nitrogens with two attached hydrogens (primary N) is 1. The van der Waals surface area contributed by atoms with Gasteiger partial charge in [-0.3, -0.25) is 0 Å². The highest BCUT2D eigenvalue weighted by molar-refractivity contribution is 5.77. The molecule has 0 heterocycles. The molecule has 1 atom stereocenters. The zero-order chi connectivity index (χ0) is 11.3. The Kier molecular flexibility index (Phi) is 4.08. The molecule has 5 heteroatoms. The van der Waals surface area contributed by atoms with Crippen LogP contribution in [0.2, 0.25) is 0 Å². The molecule has 0 spiro atoms. The highest BCUT2D eigenvalue weighted by Crippen LogP contribution is 2.15. The molecule has 1 rings (SSSR count). The van der Waals surface area contributed by atoms with Gasteiger partial charge >= 0.3 is 5.97 Å². The number of benzene rings is 1. The van der Waals surface area contributed by atoms with E-state index in [1.807, 2.05) is 0 Å². The number of phenols is 1. The Morgan fingerprint density at radius 1 is 1.40 bits per heavy atom. The van der Waals surface area contributed by atoms with E-state index in [1.54, 1.807) is 12.1 Å². The third kappa shape index (κ3) is 3.23. The number of carbonyl (C=O) groups is 1. The quantitative estimate of drug-likeness (QED) is 0.606. The lowest BCUT2D eigenvalue weighted by Gasteiger charge is -2.10. The molecule has 0 saturated heterocycles. The minimum atomic E-state index is -0.892. The van der Waals surface area contributed by atoms with Crippen LogP contribution in [0.3, 0.4) is 0 Å². The number of carbonyl (C=O) groups excluding carboxylic acids is 1. The molecule has 0 aliphatic rings. The van der Waals surface area contributed by atoms with Crippen molar-refractivity contribution in [1.29, 1.82) is 0 Å². The van der Waals surface area contributed by atoms with Gasteiger partial charge in [-0.1, -0.05) is 12.1 Å². The molecule has 1 aromatic carbocycles. The molecule has 0 aromatic heterocycles. The van der Waals surface area contributed by atoms with Gasteiger partial charge < -0.3 is 20.7 Å². The van der Waals surface area contributed by atoms with Crippen molar-refractivity contribution >= 4 is 5.97 Å². The molecule has 0 bridgehead atoms. The SMILES string of the molecule is NC(C(=O)OCCO)c1ccc(O)cc1. The smallest absolute Gasteiger partial charge is 0.327 e. The first-order chi connectivity index (χ1) is 7.15. The minimum Gasteiger partial charge on any atom is -0.508 e. The molecule has 0 fully saturated rings. The second-order valence-electron chi connectivity index (χ2n) is 2.96. The normalized spacial score (nSPS) is 12.1. The maximum atomic E-state index is 11.3. The molecule has 1 aromatic rings. The van der Waals surface area contributed by atoms with Crippen molar-refractivity contribution in [3.8, 4) is 5.75 Å². The van der Waals surface area contributed by atoms with E-state index in [1.165, 1.54) is 12.1 Å². The van der Waals surface area contributed by atoms with E-state index >= 15 is 0 Å². The van der Waals surface area contributed by atoms with Crippen molar-refractivity contribution in [1.82, 2.24) is 0 Å². The Morgan fingerprint density at radius 2 is 2.00 bits per heavy atom. The van der Waals surface area contributed by atoms with Crippen LogP contribution < -0.4 is 5.73 Å². The van der Waals surface area contributed by atoms with Crippen LogP contribution >= 0.6 is 0 Å². The zero-order valence-corrected chi connectivity index (χ0v) is 8.09. The average Bonchev–Trinajstić information content (AvgIpc) is 2.26. The number of ether oxygens (including phenoxy) is 1. The first-order valence-electron chi connectivity index (χ1n) is 4.47. The van der Waals surface area contributed by atoms with Gasteiger partial charge in [-0.05, 0) is 17.7 Å². The molecule has 15 heavy (non-hydrogen) atoms. The maximum absolute atomic E-state index is 11.3. The lowest BCUT2D eigenvalue weighted by atomic mass is 10.1. The lowest BCUT2D eigenvalue weighted by molar-refractivity contribution is -0.146. The zero-order valence-electron chi connectivity index (χ0n) is 8.09. The number of hydrogen-bond acceptors (Lipinski definition) is 5. The van der Waals surface area contributed by atoms with Gasteiger partial charge in [0.2, 0.25) is 0 Å². The summed E-state index contributed by atoms with van der Waals surface area (Å²) in [6, 6.07) is 5.07. The largest absolute Gasteiger partial charge is 0.508 e. The molecule has 0 radical (unpaired) electrons. The number of aromatic hydroxyl groups is 1. The average molecular weight is 211 g/mol. The van der Waals surface area contributed by atoms with Crippen molar-refractivity contribution in [2.24, 2.45) is 5.73 Å². The number of aliphatic hydroxyl groups excluding tert-OH is 1. The van der Waals surface area contributed by atoms with Gasteiger partial charge in [0.05, 0.1) is 6.61 Å². The van der Waals surface area contributed by atoms with Crippen molar-refractivity contribution in [3.63, 3.8) is 0 Å². The monoisotopic (exact) mass is 211 g/mol. The van der Waals surface area contributed by atoms with E-state index in [4.69, 9.17) is 15.9 Å². The van der Waals surface area contributed by atoms with E-state index in [2.05, 4.69) is 4.74 Å². The van der Waals surface area contributed by atoms with Gasteiger partial charge in [-0.15, -0.1) is 0 Å². The molecule has 0 saturated carbocycles. The second kappa shape index (κ2) is 5.33. The number of phenolic OH excluding ortho intramolecular Hbond substituents is 1. The highest BCUT2D eigenvalue weighted by Gasteiger charge is 2.16. The van der Waals surface area contributed by atoms with Crippen molar-refractivity contribution < 1.29 is 19.7 Å². The molecule has 4 N–H and O–H groups in total. The van der Waals surface area contributed by atoms with E-state index in [0.717, 1.165) is 0 Å². The topological polar surface area (TPSA) is 92.8 Å². The Labute approximate surface area is 87.1 Å².